The topological polar surface area (TPSA) is 64.1 Å². The Kier molecular flexibility index (Phi) is 3.38. The van der Waals surface area contributed by atoms with Crippen molar-refractivity contribution in [2.75, 3.05) is 11.1 Å². The summed E-state index contributed by atoms with van der Waals surface area (Å²) in [4.78, 5) is 0. The van der Waals surface area contributed by atoms with Crippen LogP contribution in [0.15, 0.2) is 27.2 Å². The summed E-state index contributed by atoms with van der Waals surface area (Å²) in [6.07, 6.45) is 0. The van der Waals surface area contributed by atoms with Crippen molar-refractivity contribution in [2.24, 2.45) is 0 Å². The van der Waals surface area contributed by atoms with E-state index in [1.165, 1.54) is 0 Å². The van der Waals surface area contributed by atoms with Gasteiger partial charge >= 0.3 is 0 Å². The van der Waals surface area contributed by atoms with E-state index in [1.54, 1.807) is 0 Å². The molecule has 1 heterocycles. The van der Waals surface area contributed by atoms with Gasteiger partial charge in [-0.1, -0.05) is 5.16 Å². The van der Waals surface area contributed by atoms with E-state index in [0.29, 0.717) is 6.54 Å². The molecule has 90 valence electrons. The van der Waals surface area contributed by atoms with E-state index in [4.69, 9.17) is 10.3 Å². The number of aromatic nitrogens is 1. The van der Waals surface area contributed by atoms with Crippen LogP contribution < -0.4 is 11.1 Å². The van der Waals surface area contributed by atoms with E-state index in [1.807, 2.05) is 32.0 Å². The number of nitrogens with two attached hydrogens (primary N) is 1. The van der Waals surface area contributed by atoms with Gasteiger partial charge in [0.2, 0.25) is 0 Å². The van der Waals surface area contributed by atoms with Gasteiger partial charge < -0.3 is 15.6 Å². The highest BCUT2D eigenvalue weighted by molar-refractivity contribution is 9.10. The van der Waals surface area contributed by atoms with Crippen molar-refractivity contribution < 1.29 is 4.52 Å². The molecule has 0 radical (unpaired) electrons. The van der Waals surface area contributed by atoms with Crippen LogP contribution in [0.25, 0.3) is 0 Å². The van der Waals surface area contributed by atoms with Crippen LogP contribution in [0.1, 0.15) is 17.0 Å². The summed E-state index contributed by atoms with van der Waals surface area (Å²) >= 11 is 3.47. The highest BCUT2D eigenvalue weighted by atomic mass is 79.9. The van der Waals surface area contributed by atoms with Gasteiger partial charge in [0.05, 0.1) is 5.69 Å². The zero-order chi connectivity index (χ0) is 12.4. The molecule has 2 aromatic rings. The molecule has 0 amide bonds. The molecule has 0 unspecified atom stereocenters. The van der Waals surface area contributed by atoms with Gasteiger partial charge in [-0.3, -0.25) is 0 Å². The lowest BCUT2D eigenvalue weighted by Gasteiger charge is -2.08. The van der Waals surface area contributed by atoms with Gasteiger partial charge in [0, 0.05) is 28.0 Å². The number of aryl methyl sites for hydroxylation is 2. The Morgan fingerprint density at radius 1 is 1.41 bits per heavy atom. The Morgan fingerprint density at radius 3 is 2.76 bits per heavy atom. The van der Waals surface area contributed by atoms with E-state index in [0.717, 1.165) is 32.9 Å². The lowest BCUT2D eigenvalue weighted by molar-refractivity contribution is 0.392. The highest BCUT2D eigenvalue weighted by Crippen LogP contribution is 2.25. The van der Waals surface area contributed by atoms with Crippen LogP contribution in [0.5, 0.6) is 0 Å². The maximum absolute atomic E-state index is 5.68. The molecule has 4 nitrogen and oxygen atoms in total. The maximum Gasteiger partial charge on any atom is 0.138 e. The number of nitrogen functional groups attached to an aromatic ring is 1. The lowest BCUT2D eigenvalue weighted by atomic mass is 10.2. The Balaban J connectivity index is 2.13. The smallest absolute Gasteiger partial charge is 0.138 e. The minimum Gasteiger partial charge on any atom is -0.399 e. The number of nitrogens with zero attached hydrogens (tertiary/aromatic N) is 1. The van der Waals surface area contributed by atoms with Crippen molar-refractivity contribution in [3.8, 4) is 0 Å². The summed E-state index contributed by atoms with van der Waals surface area (Å²) in [5, 5.41) is 7.24. The number of benzene rings is 1. The lowest BCUT2D eigenvalue weighted by Crippen LogP contribution is -2.02. The third-order valence-corrected chi connectivity index (χ3v) is 3.29. The Hall–Kier alpha value is -1.49. The second-order valence-electron chi connectivity index (χ2n) is 3.90. The molecule has 5 heteroatoms. The third-order valence-electron chi connectivity index (χ3n) is 2.63. The molecule has 1 aromatic heterocycles. The zero-order valence-electron chi connectivity index (χ0n) is 9.75. The summed E-state index contributed by atoms with van der Waals surface area (Å²) < 4.78 is 6.06. The Morgan fingerprint density at radius 2 is 2.18 bits per heavy atom. The first-order chi connectivity index (χ1) is 8.08. The van der Waals surface area contributed by atoms with Gasteiger partial charge in [-0.2, -0.15) is 0 Å². The molecule has 0 aliphatic heterocycles. The van der Waals surface area contributed by atoms with E-state index in [9.17, 15) is 0 Å². The first-order valence-electron chi connectivity index (χ1n) is 5.28. The summed E-state index contributed by atoms with van der Waals surface area (Å²) in [7, 11) is 0. The molecular formula is C12H14BrN3O. The molecule has 0 spiro atoms. The second-order valence-corrected chi connectivity index (χ2v) is 4.75. The summed E-state index contributed by atoms with van der Waals surface area (Å²) in [6.45, 7) is 4.53. The normalized spacial score (nSPS) is 10.5. The van der Waals surface area contributed by atoms with Gasteiger partial charge in [-0.05, 0) is 48.0 Å². The SMILES string of the molecule is Cc1noc(C)c1CNc1ccc(N)cc1Br. The Bertz CT molecular complexity index is 517. The average molecular weight is 296 g/mol. The minimum absolute atomic E-state index is 0.684. The molecule has 17 heavy (non-hydrogen) atoms. The van der Waals surface area contributed by atoms with Crippen molar-refractivity contribution in [1.82, 2.24) is 5.16 Å². The third kappa shape index (κ3) is 2.61. The molecule has 0 aliphatic rings. The fourth-order valence-electron chi connectivity index (χ4n) is 1.61. The largest absolute Gasteiger partial charge is 0.399 e. The first kappa shape index (κ1) is 12.0. The zero-order valence-corrected chi connectivity index (χ0v) is 11.3. The molecular weight excluding hydrogens is 282 g/mol. The van der Waals surface area contributed by atoms with Crippen molar-refractivity contribution in [3.05, 3.63) is 39.7 Å². The predicted molar refractivity (Wildman–Crippen MR) is 71.9 cm³/mol. The molecule has 0 saturated carbocycles. The first-order valence-corrected chi connectivity index (χ1v) is 6.08. The van der Waals surface area contributed by atoms with Gasteiger partial charge in [0.25, 0.3) is 0 Å². The fourth-order valence-corrected chi connectivity index (χ4v) is 2.15. The van der Waals surface area contributed by atoms with Crippen LogP contribution in [-0.4, -0.2) is 5.16 Å². The van der Waals surface area contributed by atoms with Crippen LogP contribution in [-0.2, 0) is 6.54 Å². The number of rotatable bonds is 3. The fraction of sp³-hybridized carbons (Fsp3) is 0.250. The van der Waals surface area contributed by atoms with E-state index >= 15 is 0 Å². The molecule has 3 N–H and O–H groups in total. The summed E-state index contributed by atoms with van der Waals surface area (Å²) in [5.74, 6) is 0.849. The van der Waals surface area contributed by atoms with Crippen LogP contribution in [0, 0.1) is 13.8 Å². The summed E-state index contributed by atoms with van der Waals surface area (Å²) in [6, 6.07) is 5.67. The molecule has 0 fully saturated rings. The van der Waals surface area contributed by atoms with Gasteiger partial charge in [0.1, 0.15) is 5.76 Å². The predicted octanol–water partition coefficient (Wildman–Crippen LogP) is 3.25. The van der Waals surface area contributed by atoms with E-state index in [2.05, 4.69) is 26.4 Å². The van der Waals surface area contributed by atoms with Crippen LogP contribution >= 0.6 is 15.9 Å². The molecule has 1 aromatic carbocycles. The highest BCUT2D eigenvalue weighted by Gasteiger charge is 2.09. The summed E-state index contributed by atoms with van der Waals surface area (Å²) in [5.41, 5.74) is 9.43. The molecule has 0 atom stereocenters. The molecule has 2 rings (SSSR count). The van der Waals surface area contributed by atoms with E-state index in [-0.39, 0.29) is 0 Å². The van der Waals surface area contributed by atoms with Crippen molar-refractivity contribution in [2.45, 2.75) is 20.4 Å². The van der Waals surface area contributed by atoms with E-state index < -0.39 is 0 Å². The molecule has 0 saturated heterocycles. The monoisotopic (exact) mass is 295 g/mol. The number of nitrogens with one attached hydrogen (secondary N) is 1. The standard InChI is InChI=1S/C12H14BrN3O/c1-7-10(8(2)17-16-7)6-15-12-4-3-9(14)5-11(12)13/h3-5,15H,6,14H2,1-2H3. The number of hydrogen-bond acceptors (Lipinski definition) is 4. The van der Waals surface area contributed by atoms with Gasteiger partial charge in [-0.15, -0.1) is 0 Å². The Labute approximate surface area is 108 Å². The number of hydrogen-bond donors (Lipinski definition) is 2. The quantitative estimate of drug-likeness (QED) is 0.853. The minimum atomic E-state index is 0.684. The van der Waals surface area contributed by atoms with Crippen molar-refractivity contribution in [1.29, 1.82) is 0 Å². The van der Waals surface area contributed by atoms with Crippen LogP contribution in [0.3, 0.4) is 0 Å². The average Bonchev–Trinajstić information content (AvgIpc) is 2.58. The van der Waals surface area contributed by atoms with Crippen LogP contribution in [0.4, 0.5) is 11.4 Å². The number of halogens is 1. The van der Waals surface area contributed by atoms with Gasteiger partial charge in [0.15, 0.2) is 0 Å². The van der Waals surface area contributed by atoms with Crippen molar-refractivity contribution >= 4 is 27.3 Å². The molecule has 0 aliphatic carbocycles. The van der Waals surface area contributed by atoms with Gasteiger partial charge in [-0.25, -0.2) is 0 Å². The number of anilines is 2. The maximum atomic E-state index is 5.68. The van der Waals surface area contributed by atoms with Crippen LogP contribution in [0.2, 0.25) is 0 Å². The molecule has 0 bridgehead atoms. The second kappa shape index (κ2) is 4.79. The van der Waals surface area contributed by atoms with Crippen molar-refractivity contribution in [3.63, 3.8) is 0 Å².